The first kappa shape index (κ1) is 16.1. The molecule has 8 heteroatoms. The largest absolute Gasteiger partial charge is 0.369 e. The van der Waals surface area contributed by atoms with Crippen molar-refractivity contribution in [1.29, 1.82) is 0 Å². The van der Waals surface area contributed by atoms with Crippen LogP contribution in [0.1, 0.15) is 0 Å². The summed E-state index contributed by atoms with van der Waals surface area (Å²) in [5, 5.41) is 6.02. The third-order valence-corrected chi connectivity index (χ3v) is 2.85. The van der Waals surface area contributed by atoms with E-state index >= 15 is 0 Å². The third kappa shape index (κ3) is 5.69. The van der Waals surface area contributed by atoms with Gasteiger partial charge in [-0.3, -0.25) is 10.1 Å². The van der Waals surface area contributed by atoms with Crippen LogP contribution in [0.3, 0.4) is 0 Å². The first-order valence-corrected chi connectivity index (χ1v) is 6.83. The number of thiol groups is 1. The molecule has 0 saturated carbocycles. The Balaban J connectivity index is 2.64. The summed E-state index contributed by atoms with van der Waals surface area (Å²) >= 11 is 15.9. The van der Waals surface area contributed by atoms with Crippen LogP contribution in [-0.2, 0) is 4.79 Å². The van der Waals surface area contributed by atoms with E-state index in [4.69, 9.17) is 28.9 Å². The SMILES string of the molecule is NC(=Nc1c(Cl)cccc1Cl)NC(=O)CNCCS. The van der Waals surface area contributed by atoms with Gasteiger partial charge in [-0.05, 0) is 12.1 Å². The molecule has 1 rings (SSSR count). The summed E-state index contributed by atoms with van der Waals surface area (Å²) < 4.78 is 0. The van der Waals surface area contributed by atoms with E-state index in [-0.39, 0.29) is 18.4 Å². The van der Waals surface area contributed by atoms with Gasteiger partial charge in [0.05, 0.1) is 16.6 Å². The van der Waals surface area contributed by atoms with Crippen LogP contribution in [0.4, 0.5) is 5.69 Å². The number of hydrogen-bond donors (Lipinski definition) is 4. The van der Waals surface area contributed by atoms with Gasteiger partial charge in [0.25, 0.3) is 0 Å². The third-order valence-electron chi connectivity index (χ3n) is 2.01. The quantitative estimate of drug-likeness (QED) is 0.288. The number of rotatable bonds is 5. The first-order chi connectivity index (χ1) is 9.04. The minimum Gasteiger partial charge on any atom is -0.369 e. The molecule has 0 saturated heterocycles. The lowest BCUT2D eigenvalue weighted by atomic mass is 10.3. The van der Waals surface area contributed by atoms with Crippen molar-refractivity contribution in [2.75, 3.05) is 18.8 Å². The van der Waals surface area contributed by atoms with Gasteiger partial charge >= 0.3 is 0 Å². The van der Waals surface area contributed by atoms with Gasteiger partial charge in [-0.25, -0.2) is 4.99 Å². The number of carbonyl (C=O) groups excluding carboxylic acids is 1. The molecule has 0 heterocycles. The summed E-state index contributed by atoms with van der Waals surface area (Å²) in [5.41, 5.74) is 5.93. The zero-order valence-electron chi connectivity index (χ0n) is 9.99. The monoisotopic (exact) mass is 320 g/mol. The summed E-state index contributed by atoms with van der Waals surface area (Å²) in [7, 11) is 0. The molecular weight excluding hydrogens is 307 g/mol. The second-order valence-corrected chi connectivity index (χ2v) is 4.78. The van der Waals surface area contributed by atoms with Gasteiger partial charge in [0.1, 0.15) is 5.69 Å². The molecule has 0 aliphatic rings. The summed E-state index contributed by atoms with van der Waals surface area (Å²) in [6.45, 7) is 0.761. The number of guanidine groups is 1. The molecule has 104 valence electrons. The predicted molar refractivity (Wildman–Crippen MR) is 82.6 cm³/mol. The Labute approximate surface area is 127 Å². The summed E-state index contributed by atoms with van der Waals surface area (Å²) in [6.07, 6.45) is 0. The number of carbonyl (C=O) groups is 1. The standard InChI is InChI=1S/C11H14Cl2N4OS/c12-7-2-1-3-8(13)10(7)17-11(14)16-9(18)6-15-4-5-19/h1-3,15,19H,4-6H2,(H3,14,16,17,18). The van der Waals surface area contributed by atoms with Crippen LogP contribution in [0.5, 0.6) is 0 Å². The molecule has 0 atom stereocenters. The smallest absolute Gasteiger partial charge is 0.240 e. The fourth-order valence-electron chi connectivity index (χ4n) is 1.21. The van der Waals surface area contributed by atoms with E-state index in [2.05, 4.69) is 28.3 Å². The van der Waals surface area contributed by atoms with Gasteiger partial charge in [0.2, 0.25) is 11.9 Å². The lowest BCUT2D eigenvalue weighted by molar-refractivity contribution is -0.118. The van der Waals surface area contributed by atoms with Gasteiger partial charge in [-0.15, -0.1) is 0 Å². The molecule has 4 N–H and O–H groups in total. The van der Waals surface area contributed by atoms with Crippen LogP contribution in [0.2, 0.25) is 10.0 Å². The summed E-state index contributed by atoms with van der Waals surface area (Å²) in [4.78, 5) is 15.4. The average molecular weight is 321 g/mol. The number of amides is 1. The zero-order chi connectivity index (χ0) is 14.3. The van der Waals surface area contributed by atoms with Crippen LogP contribution in [0.15, 0.2) is 23.2 Å². The van der Waals surface area contributed by atoms with Crippen molar-refractivity contribution in [3.05, 3.63) is 28.2 Å². The maximum Gasteiger partial charge on any atom is 0.240 e. The molecule has 5 nitrogen and oxygen atoms in total. The Morgan fingerprint density at radius 1 is 1.37 bits per heavy atom. The molecule has 1 amide bonds. The van der Waals surface area contributed by atoms with E-state index in [9.17, 15) is 4.79 Å². The predicted octanol–water partition coefficient (Wildman–Crippen LogP) is 1.58. The van der Waals surface area contributed by atoms with Gasteiger partial charge < -0.3 is 11.1 Å². The van der Waals surface area contributed by atoms with Crippen LogP contribution < -0.4 is 16.4 Å². The average Bonchev–Trinajstić information content (AvgIpc) is 2.34. The van der Waals surface area contributed by atoms with Crippen molar-refractivity contribution in [3.63, 3.8) is 0 Å². The number of hydrogen-bond acceptors (Lipinski definition) is 4. The Morgan fingerprint density at radius 2 is 2.00 bits per heavy atom. The van der Waals surface area contributed by atoms with Gasteiger partial charge in [0, 0.05) is 12.3 Å². The number of nitrogens with zero attached hydrogens (tertiary/aromatic N) is 1. The van der Waals surface area contributed by atoms with E-state index in [0.717, 1.165) is 0 Å². The van der Waals surface area contributed by atoms with Crippen molar-refractivity contribution in [2.24, 2.45) is 10.7 Å². The molecule has 1 aromatic carbocycles. The Bertz CT molecular complexity index is 462. The molecule has 0 bridgehead atoms. The van der Waals surface area contributed by atoms with E-state index < -0.39 is 0 Å². The normalized spacial score (nSPS) is 11.4. The molecule has 0 radical (unpaired) electrons. The molecule has 0 aliphatic heterocycles. The highest BCUT2D eigenvalue weighted by Crippen LogP contribution is 2.32. The van der Waals surface area contributed by atoms with Crippen molar-refractivity contribution < 1.29 is 4.79 Å². The number of benzene rings is 1. The highest BCUT2D eigenvalue weighted by molar-refractivity contribution is 7.80. The number of nitrogens with one attached hydrogen (secondary N) is 2. The minimum absolute atomic E-state index is 0.0623. The van der Waals surface area contributed by atoms with Crippen molar-refractivity contribution in [2.45, 2.75) is 0 Å². The first-order valence-electron chi connectivity index (χ1n) is 5.44. The Morgan fingerprint density at radius 3 is 2.58 bits per heavy atom. The zero-order valence-corrected chi connectivity index (χ0v) is 12.4. The fourth-order valence-corrected chi connectivity index (χ4v) is 1.85. The van der Waals surface area contributed by atoms with E-state index in [1.165, 1.54) is 0 Å². The second kappa shape index (κ2) is 8.27. The highest BCUT2D eigenvalue weighted by Gasteiger charge is 2.07. The topological polar surface area (TPSA) is 79.5 Å². The molecule has 1 aromatic rings. The van der Waals surface area contributed by atoms with Crippen LogP contribution in [-0.4, -0.2) is 30.7 Å². The Hall–Kier alpha value is -0.950. The number of para-hydroxylation sites is 1. The highest BCUT2D eigenvalue weighted by atomic mass is 35.5. The molecule has 19 heavy (non-hydrogen) atoms. The van der Waals surface area contributed by atoms with Crippen molar-refractivity contribution in [3.8, 4) is 0 Å². The minimum atomic E-state index is -0.300. The number of nitrogens with two attached hydrogens (primary N) is 1. The summed E-state index contributed by atoms with van der Waals surface area (Å²) in [5.74, 6) is 0.283. The van der Waals surface area contributed by atoms with E-state index in [1.807, 2.05) is 0 Å². The molecule has 0 fully saturated rings. The van der Waals surface area contributed by atoms with E-state index in [1.54, 1.807) is 18.2 Å². The Kier molecular flexibility index (Phi) is 7.01. The maximum absolute atomic E-state index is 11.5. The van der Waals surface area contributed by atoms with Crippen LogP contribution in [0.25, 0.3) is 0 Å². The van der Waals surface area contributed by atoms with Gasteiger partial charge in [0.15, 0.2) is 0 Å². The maximum atomic E-state index is 11.5. The molecule has 0 spiro atoms. The van der Waals surface area contributed by atoms with Gasteiger partial charge in [-0.2, -0.15) is 12.6 Å². The molecule has 0 unspecified atom stereocenters. The number of aliphatic imine (C=N–C) groups is 1. The van der Waals surface area contributed by atoms with E-state index in [0.29, 0.717) is 28.0 Å². The van der Waals surface area contributed by atoms with Crippen molar-refractivity contribution >= 4 is 53.4 Å². The van der Waals surface area contributed by atoms with Gasteiger partial charge in [-0.1, -0.05) is 29.3 Å². The van der Waals surface area contributed by atoms with Crippen molar-refractivity contribution in [1.82, 2.24) is 10.6 Å². The molecule has 0 aromatic heterocycles. The van der Waals surface area contributed by atoms with Crippen LogP contribution in [0, 0.1) is 0 Å². The fraction of sp³-hybridized carbons (Fsp3) is 0.273. The molecule has 0 aliphatic carbocycles. The lowest BCUT2D eigenvalue weighted by Crippen LogP contribution is -2.41. The summed E-state index contributed by atoms with van der Waals surface area (Å²) in [6, 6.07) is 4.96. The second-order valence-electron chi connectivity index (χ2n) is 3.52. The molecular formula is C11H14Cl2N4OS. The lowest BCUT2D eigenvalue weighted by Gasteiger charge is -2.06. The number of halogens is 2. The van der Waals surface area contributed by atoms with Crippen LogP contribution >= 0.6 is 35.8 Å².